The minimum atomic E-state index is -0.240. The van der Waals surface area contributed by atoms with Gasteiger partial charge < -0.3 is 10.1 Å². The van der Waals surface area contributed by atoms with Crippen LogP contribution in [0.15, 0.2) is 24.3 Å². The highest BCUT2D eigenvalue weighted by molar-refractivity contribution is 5.81. The molecule has 1 N–H and O–H groups in total. The fourth-order valence-electron chi connectivity index (χ4n) is 4.23. The number of likely N-dealkylation sites (tertiary alicyclic amines) is 1. The first-order valence-corrected chi connectivity index (χ1v) is 10.2. The summed E-state index contributed by atoms with van der Waals surface area (Å²) >= 11 is 0. The van der Waals surface area contributed by atoms with Gasteiger partial charge in [-0.2, -0.15) is 0 Å². The molecular weight excluding hydrogens is 345 g/mol. The Kier molecular flexibility index (Phi) is 7.21. The van der Waals surface area contributed by atoms with Gasteiger partial charge in [0, 0.05) is 25.7 Å². The lowest BCUT2D eigenvalue weighted by atomic mass is 9.99. The van der Waals surface area contributed by atoms with E-state index >= 15 is 0 Å². The van der Waals surface area contributed by atoms with Gasteiger partial charge in [-0.1, -0.05) is 18.6 Å². The van der Waals surface area contributed by atoms with Crippen LogP contribution < -0.4 is 5.32 Å². The second kappa shape index (κ2) is 9.62. The zero-order valence-electron chi connectivity index (χ0n) is 16.5. The van der Waals surface area contributed by atoms with Gasteiger partial charge >= 0.3 is 0 Å². The Bertz CT molecular complexity index is 619. The molecule has 5 nitrogen and oxygen atoms in total. The molecule has 0 bridgehead atoms. The first-order valence-electron chi connectivity index (χ1n) is 10.2. The van der Waals surface area contributed by atoms with Crippen LogP contribution in [-0.2, 0) is 9.53 Å². The molecule has 2 unspecified atom stereocenters. The van der Waals surface area contributed by atoms with Crippen LogP contribution in [0.1, 0.15) is 44.7 Å². The van der Waals surface area contributed by atoms with Crippen molar-refractivity contribution in [2.45, 2.75) is 51.2 Å². The van der Waals surface area contributed by atoms with Crippen molar-refractivity contribution in [2.24, 2.45) is 0 Å². The first-order chi connectivity index (χ1) is 13.1. The number of ether oxygens (including phenoxy) is 1. The quantitative estimate of drug-likeness (QED) is 0.828. The molecular formula is C21H32FN3O2. The number of nitrogens with one attached hydrogen (secondary N) is 1. The average molecular weight is 378 g/mol. The number of rotatable bonds is 6. The number of carbonyl (C=O) groups is 1. The van der Waals surface area contributed by atoms with Crippen molar-refractivity contribution in [3.05, 3.63) is 35.6 Å². The molecule has 0 spiro atoms. The average Bonchev–Trinajstić information content (AvgIpc) is 2.69. The maximum absolute atomic E-state index is 13.8. The van der Waals surface area contributed by atoms with Crippen LogP contribution in [0.4, 0.5) is 4.39 Å². The summed E-state index contributed by atoms with van der Waals surface area (Å²) in [5.41, 5.74) is 0.904. The Labute approximate surface area is 161 Å². The topological polar surface area (TPSA) is 44.8 Å². The normalized spacial score (nSPS) is 23.3. The van der Waals surface area contributed by atoms with Gasteiger partial charge in [0.2, 0.25) is 5.91 Å². The number of morpholine rings is 1. The minimum Gasteiger partial charge on any atom is -0.379 e. The Balaban J connectivity index is 1.69. The van der Waals surface area contributed by atoms with Gasteiger partial charge in [-0.3, -0.25) is 14.6 Å². The van der Waals surface area contributed by atoms with Gasteiger partial charge in [0.1, 0.15) is 5.82 Å². The highest BCUT2D eigenvalue weighted by Crippen LogP contribution is 2.23. The van der Waals surface area contributed by atoms with Crippen LogP contribution in [0.3, 0.4) is 0 Å². The highest BCUT2D eigenvalue weighted by Gasteiger charge is 2.31. The summed E-state index contributed by atoms with van der Waals surface area (Å²) in [6, 6.07) is 6.98. The number of benzene rings is 1. The predicted octanol–water partition coefficient (Wildman–Crippen LogP) is 2.58. The molecule has 0 radical (unpaired) electrons. The van der Waals surface area contributed by atoms with Crippen LogP contribution in [0.2, 0.25) is 0 Å². The van der Waals surface area contributed by atoms with Crippen molar-refractivity contribution in [3.63, 3.8) is 0 Å². The van der Waals surface area contributed by atoms with E-state index in [2.05, 4.69) is 29.0 Å². The molecule has 27 heavy (non-hydrogen) atoms. The van der Waals surface area contributed by atoms with E-state index in [9.17, 15) is 9.18 Å². The van der Waals surface area contributed by atoms with E-state index in [4.69, 9.17) is 4.74 Å². The SMILES string of the molecule is CC(C)N1CCCCC1C(=O)NCC(c1cccc(F)c1)N1CCOCC1. The molecule has 1 amide bonds. The van der Waals surface area contributed by atoms with E-state index in [1.807, 2.05) is 6.07 Å². The molecule has 2 atom stereocenters. The second-order valence-electron chi connectivity index (χ2n) is 7.81. The lowest BCUT2D eigenvalue weighted by Crippen LogP contribution is -2.53. The van der Waals surface area contributed by atoms with E-state index < -0.39 is 0 Å². The molecule has 0 aromatic heterocycles. The van der Waals surface area contributed by atoms with Gasteiger partial charge in [0.25, 0.3) is 0 Å². The zero-order chi connectivity index (χ0) is 19.2. The van der Waals surface area contributed by atoms with Crippen molar-refractivity contribution in [3.8, 4) is 0 Å². The van der Waals surface area contributed by atoms with Gasteiger partial charge in [-0.05, 0) is 50.9 Å². The predicted molar refractivity (Wildman–Crippen MR) is 104 cm³/mol. The number of hydrogen-bond donors (Lipinski definition) is 1. The largest absolute Gasteiger partial charge is 0.379 e. The number of carbonyl (C=O) groups excluding carboxylic acids is 1. The summed E-state index contributed by atoms with van der Waals surface area (Å²) in [7, 11) is 0. The Hall–Kier alpha value is -1.50. The third-order valence-corrected chi connectivity index (χ3v) is 5.70. The van der Waals surface area contributed by atoms with Crippen LogP contribution in [0.25, 0.3) is 0 Å². The summed E-state index contributed by atoms with van der Waals surface area (Å²) in [5, 5.41) is 3.17. The summed E-state index contributed by atoms with van der Waals surface area (Å²) in [6.07, 6.45) is 3.16. The summed E-state index contributed by atoms with van der Waals surface area (Å²) in [5.74, 6) is -0.145. The van der Waals surface area contributed by atoms with Crippen LogP contribution in [-0.4, -0.2) is 67.2 Å². The Morgan fingerprint density at radius 3 is 2.74 bits per heavy atom. The standard InChI is InChI=1S/C21H32FN3O2/c1-16(2)25-9-4-3-8-19(25)21(26)23-15-20(24-10-12-27-13-11-24)17-6-5-7-18(22)14-17/h5-7,14,16,19-20H,3-4,8-13,15H2,1-2H3,(H,23,26). The van der Waals surface area contributed by atoms with Crippen molar-refractivity contribution in [1.29, 1.82) is 0 Å². The molecule has 150 valence electrons. The molecule has 2 heterocycles. The van der Waals surface area contributed by atoms with E-state index in [1.54, 1.807) is 12.1 Å². The number of amides is 1. The van der Waals surface area contributed by atoms with E-state index in [0.717, 1.165) is 44.5 Å². The monoisotopic (exact) mass is 377 g/mol. The van der Waals surface area contributed by atoms with Crippen molar-refractivity contribution >= 4 is 5.91 Å². The fourth-order valence-corrected chi connectivity index (χ4v) is 4.23. The van der Waals surface area contributed by atoms with Gasteiger partial charge in [0.05, 0.1) is 25.3 Å². The number of hydrogen-bond acceptors (Lipinski definition) is 4. The van der Waals surface area contributed by atoms with Crippen molar-refractivity contribution in [2.75, 3.05) is 39.4 Å². The molecule has 0 aliphatic carbocycles. The Morgan fingerprint density at radius 1 is 1.26 bits per heavy atom. The molecule has 1 aromatic carbocycles. The summed E-state index contributed by atoms with van der Waals surface area (Å²) < 4.78 is 19.2. The maximum atomic E-state index is 13.8. The van der Waals surface area contributed by atoms with E-state index in [-0.39, 0.29) is 23.8 Å². The number of nitrogens with zero attached hydrogens (tertiary/aromatic N) is 2. The summed E-state index contributed by atoms with van der Waals surface area (Å²) in [4.78, 5) is 17.5. The minimum absolute atomic E-state index is 0.0374. The lowest BCUT2D eigenvalue weighted by molar-refractivity contribution is -0.128. The maximum Gasteiger partial charge on any atom is 0.237 e. The molecule has 0 saturated carbocycles. The van der Waals surface area contributed by atoms with Gasteiger partial charge in [-0.15, -0.1) is 0 Å². The molecule has 2 saturated heterocycles. The fraction of sp³-hybridized carbons (Fsp3) is 0.667. The smallest absolute Gasteiger partial charge is 0.237 e. The molecule has 1 aromatic rings. The highest BCUT2D eigenvalue weighted by atomic mass is 19.1. The van der Waals surface area contributed by atoms with E-state index in [1.165, 1.54) is 6.07 Å². The van der Waals surface area contributed by atoms with Crippen molar-refractivity contribution in [1.82, 2.24) is 15.1 Å². The van der Waals surface area contributed by atoms with Crippen molar-refractivity contribution < 1.29 is 13.9 Å². The molecule has 3 rings (SSSR count). The number of piperidine rings is 1. The van der Waals surface area contributed by atoms with Crippen LogP contribution in [0.5, 0.6) is 0 Å². The van der Waals surface area contributed by atoms with Crippen LogP contribution in [0, 0.1) is 5.82 Å². The van der Waals surface area contributed by atoms with Gasteiger partial charge in [0.15, 0.2) is 0 Å². The van der Waals surface area contributed by atoms with Crippen LogP contribution >= 0.6 is 0 Å². The molecule has 6 heteroatoms. The zero-order valence-corrected chi connectivity index (χ0v) is 16.5. The Morgan fingerprint density at radius 2 is 2.04 bits per heavy atom. The first kappa shape index (κ1) is 20.2. The van der Waals surface area contributed by atoms with Gasteiger partial charge in [-0.25, -0.2) is 4.39 Å². The third-order valence-electron chi connectivity index (χ3n) is 5.70. The lowest BCUT2D eigenvalue weighted by Gasteiger charge is -2.39. The molecule has 2 fully saturated rings. The number of halogens is 1. The molecule has 2 aliphatic rings. The molecule has 2 aliphatic heterocycles. The third kappa shape index (κ3) is 5.27. The second-order valence-corrected chi connectivity index (χ2v) is 7.81. The summed E-state index contributed by atoms with van der Waals surface area (Å²) in [6.45, 7) is 8.69. The van der Waals surface area contributed by atoms with E-state index in [0.29, 0.717) is 25.8 Å².